The molecule has 0 radical (unpaired) electrons. The number of hydrogen-bond donors (Lipinski definition) is 0. The zero-order chi connectivity index (χ0) is 17.9. The number of halogens is 6. The van der Waals surface area contributed by atoms with Crippen LogP contribution in [0.4, 0.5) is 17.6 Å². The van der Waals surface area contributed by atoms with Crippen LogP contribution in [0.5, 0.6) is 0 Å². The lowest BCUT2D eigenvalue weighted by atomic mass is 10.2. The Morgan fingerprint density at radius 2 is 1.04 bits per heavy atom. The maximum atomic E-state index is 13.6. The quantitative estimate of drug-likeness (QED) is 0.359. The van der Waals surface area contributed by atoms with Gasteiger partial charge in [-0.3, -0.25) is 0 Å². The van der Waals surface area contributed by atoms with Crippen molar-refractivity contribution in [3.05, 3.63) is 67.6 Å². The summed E-state index contributed by atoms with van der Waals surface area (Å²) in [6.45, 7) is -1.32. The van der Waals surface area contributed by atoms with Crippen LogP contribution in [-0.2, 0) is 26.8 Å². The Labute approximate surface area is 152 Å². The molecule has 0 saturated carbocycles. The molecular formula is C14H8Br2F4O3P+. The van der Waals surface area contributed by atoms with Gasteiger partial charge in [-0.25, -0.2) is 17.6 Å². The number of rotatable bonds is 6. The van der Waals surface area contributed by atoms with Crippen LogP contribution in [0.2, 0.25) is 0 Å². The number of hydrogen-bond acceptors (Lipinski definition) is 3. The average molecular weight is 491 g/mol. The van der Waals surface area contributed by atoms with Gasteiger partial charge in [-0.05, 0) is 24.3 Å². The molecule has 10 heteroatoms. The van der Waals surface area contributed by atoms with E-state index in [0.717, 1.165) is 24.3 Å². The van der Waals surface area contributed by atoms with Crippen molar-refractivity contribution in [3.63, 3.8) is 0 Å². The van der Waals surface area contributed by atoms with Gasteiger partial charge in [0.2, 0.25) is 0 Å². The summed E-state index contributed by atoms with van der Waals surface area (Å²) in [6.07, 6.45) is 0. The summed E-state index contributed by atoms with van der Waals surface area (Å²) in [5.74, 6) is -3.57. The van der Waals surface area contributed by atoms with Crippen LogP contribution in [0.15, 0.2) is 33.2 Å². The largest absolute Gasteiger partial charge is 0.698 e. The molecule has 2 aromatic carbocycles. The van der Waals surface area contributed by atoms with Crippen molar-refractivity contribution in [3.8, 4) is 0 Å². The first kappa shape index (κ1) is 19.5. The van der Waals surface area contributed by atoms with Gasteiger partial charge in [0.05, 0.1) is 11.1 Å². The Morgan fingerprint density at radius 1 is 0.750 bits per heavy atom. The molecule has 2 rings (SSSR count). The molecule has 0 aliphatic carbocycles. The van der Waals surface area contributed by atoms with Crippen LogP contribution in [0, 0.1) is 23.3 Å². The standard InChI is InChI=1S/C14H8Br2F4O3P/c15-7-1-11(17)9(12(18)2-7)5-22-24(21)23-6-10-13(19)3-8(16)4-14(10)20/h1-4H,5-6H2/q+1. The molecule has 0 atom stereocenters. The third-order valence-corrected chi connectivity index (χ3v) is 4.44. The minimum atomic E-state index is -2.83. The Morgan fingerprint density at radius 3 is 1.33 bits per heavy atom. The van der Waals surface area contributed by atoms with E-state index in [9.17, 15) is 22.1 Å². The van der Waals surface area contributed by atoms with Gasteiger partial charge in [-0.15, -0.1) is 9.05 Å². The summed E-state index contributed by atoms with van der Waals surface area (Å²) in [4.78, 5) is 0. The van der Waals surface area contributed by atoms with Gasteiger partial charge in [0.1, 0.15) is 36.5 Å². The molecule has 2 aromatic rings. The molecule has 0 fully saturated rings. The van der Waals surface area contributed by atoms with Crippen LogP contribution in [0.3, 0.4) is 0 Å². The summed E-state index contributed by atoms with van der Waals surface area (Å²) in [5, 5.41) is 0. The summed E-state index contributed by atoms with van der Waals surface area (Å²) in [5.41, 5.74) is -0.877. The molecule has 0 aliphatic heterocycles. The molecule has 0 spiro atoms. The van der Waals surface area contributed by atoms with Crippen molar-refractivity contribution in [1.82, 2.24) is 0 Å². The molecule has 0 heterocycles. The van der Waals surface area contributed by atoms with E-state index in [-0.39, 0.29) is 8.95 Å². The molecule has 0 N–H and O–H groups in total. The fraction of sp³-hybridized carbons (Fsp3) is 0.143. The first-order chi connectivity index (χ1) is 11.3. The first-order valence-electron chi connectivity index (χ1n) is 6.28. The van der Waals surface area contributed by atoms with Crippen molar-refractivity contribution >= 4 is 40.1 Å². The van der Waals surface area contributed by atoms with Gasteiger partial charge in [-0.1, -0.05) is 31.9 Å². The summed E-state index contributed by atoms with van der Waals surface area (Å²) in [7, 11) is -2.83. The van der Waals surface area contributed by atoms with Crippen LogP contribution in [0.25, 0.3) is 0 Å². The van der Waals surface area contributed by atoms with Gasteiger partial charge in [0, 0.05) is 13.5 Å². The lowest BCUT2D eigenvalue weighted by Crippen LogP contribution is -1.99. The molecular weight excluding hydrogens is 483 g/mol. The minimum Gasteiger partial charge on any atom is -0.206 e. The minimum absolute atomic E-state index is 0.197. The molecule has 128 valence electrons. The molecule has 0 aliphatic rings. The molecule has 0 amide bonds. The lowest BCUT2D eigenvalue weighted by Gasteiger charge is -2.03. The van der Waals surface area contributed by atoms with E-state index in [0.29, 0.717) is 0 Å². The fourth-order valence-corrected chi connectivity index (χ4v) is 3.04. The lowest BCUT2D eigenvalue weighted by molar-refractivity contribution is 0.205. The average Bonchev–Trinajstić information content (AvgIpc) is 2.44. The van der Waals surface area contributed by atoms with Crippen LogP contribution in [0.1, 0.15) is 11.1 Å². The third kappa shape index (κ3) is 5.07. The van der Waals surface area contributed by atoms with Crippen molar-refractivity contribution < 1.29 is 31.2 Å². The normalized spacial score (nSPS) is 10.9. The van der Waals surface area contributed by atoms with Crippen molar-refractivity contribution in [2.24, 2.45) is 0 Å². The van der Waals surface area contributed by atoms with E-state index in [2.05, 4.69) is 31.9 Å². The van der Waals surface area contributed by atoms with E-state index in [1.807, 2.05) is 0 Å². The van der Waals surface area contributed by atoms with Crippen molar-refractivity contribution in [2.75, 3.05) is 0 Å². The monoisotopic (exact) mass is 489 g/mol. The van der Waals surface area contributed by atoms with Crippen LogP contribution in [-0.4, -0.2) is 0 Å². The smallest absolute Gasteiger partial charge is 0.206 e. The highest BCUT2D eigenvalue weighted by Gasteiger charge is 2.25. The predicted molar refractivity (Wildman–Crippen MR) is 85.3 cm³/mol. The Hall–Kier alpha value is -0.860. The second-order valence-corrected chi connectivity index (χ2v) is 7.26. The highest BCUT2D eigenvalue weighted by molar-refractivity contribution is 9.10. The summed E-state index contributed by atoms with van der Waals surface area (Å²) < 4.78 is 75.6. The van der Waals surface area contributed by atoms with E-state index < -0.39 is 55.9 Å². The first-order valence-corrected chi connectivity index (χ1v) is 8.96. The second-order valence-electron chi connectivity index (χ2n) is 4.47. The maximum absolute atomic E-state index is 13.6. The number of benzene rings is 2. The Kier molecular flexibility index (Phi) is 6.88. The van der Waals surface area contributed by atoms with Crippen molar-refractivity contribution in [2.45, 2.75) is 13.2 Å². The SMILES string of the molecule is O=[P+](OCc1c(F)cc(Br)cc1F)OCc1c(F)cc(Br)cc1F. The summed E-state index contributed by atoms with van der Waals surface area (Å²) >= 11 is 5.84. The zero-order valence-electron chi connectivity index (χ0n) is 11.7. The van der Waals surface area contributed by atoms with Gasteiger partial charge in [0.25, 0.3) is 0 Å². The topological polar surface area (TPSA) is 35.5 Å². The zero-order valence-corrected chi connectivity index (χ0v) is 15.7. The van der Waals surface area contributed by atoms with E-state index in [1.54, 1.807) is 0 Å². The molecule has 24 heavy (non-hydrogen) atoms. The Bertz CT molecular complexity index is 679. The highest BCUT2D eigenvalue weighted by Crippen LogP contribution is 2.31. The van der Waals surface area contributed by atoms with Gasteiger partial charge in [0.15, 0.2) is 0 Å². The van der Waals surface area contributed by atoms with Gasteiger partial charge in [-0.2, -0.15) is 0 Å². The van der Waals surface area contributed by atoms with Gasteiger partial charge < -0.3 is 0 Å². The summed E-state index contributed by atoms with van der Waals surface area (Å²) in [6, 6.07) is 4.06. The fourth-order valence-electron chi connectivity index (χ4n) is 1.69. The molecule has 0 unspecified atom stereocenters. The van der Waals surface area contributed by atoms with E-state index >= 15 is 0 Å². The van der Waals surface area contributed by atoms with E-state index in [4.69, 9.17) is 9.05 Å². The van der Waals surface area contributed by atoms with Gasteiger partial charge >= 0.3 is 8.25 Å². The molecule has 3 nitrogen and oxygen atoms in total. The molecule has 0 bridgehead atoms. The Balaban J connectivity index is 1.96. The second kappa shape index (κ2) is 8.49. The molecule has 0 aromatic heterocycles. The van der Waals surface area contributed by atoms with E-state index in [1.165, 1.54) is 0 Å². The van der Waals surface area contributed by atoms with Crippen molar-refractivity contribution in [1.29, 1.82) is 0 Å². The maximum Gasteiger partial charge on any atom is 0.698 e. The highest BCUT2D eigenvalue weighted by atomic mass is 79.9. The molecule has 0 saturated heterocycles. The van der Waals surface area contributed by atoms with Crippen LogP contribution >= 0.6 is 40.1 Å². The third-order valence-electron chi connectivity index (χ3n) is 2.84. The predicted octanol–water partition coefficient (Wildman–Crippen LogP) is 6.16. The van der Waals surface area contributed by atoms with Crippen LogP contribution < -0.4 is 0 Å².